The van der Waals surface area contributed by atoms with Crippen molar-refractivity contribution in [3.8, 4) is 0 Å². The molecule has 3 heteroatoms. The van der Waals surface area contributed by atoms with Crippen LogP contribution >= 0.6 is 15.9 Å². The van der Waals surface area contributed by atoms with Crippen LogP contribution in [0, 0.1) is 0 Å². The standard InChI is InChI=1S/C17H19BrN2/c18-16-8-3-9-17(19)15(16)12-20-10-4-7-13-5-1-2-6-14(13)11-20/h1-3,5-6,8-9H,4,7,10-12,19H2. The zero-order chi connectivity index (χ0) is 13.9. The molecule has 1 aliphatic rings. The van der Waals surface area contributed by atoms with Gasteiger partial charge in [0.1, 0.15) is 0 Å². The minimum atomic E-state index is 0.872. The zero-order valence-corrected chi connectivity index (χ0v) is 13.1. The Morgan fingerprint density at radius 3 is 2.65 bits per heavy atom. The number of hydrogen-bond donors (Lipinski definition) is 1. The van der Waals surface area contributed by atoms with Gasteiger partial charge in [-0.1, -0.05) is 46.3 Å². The van der Waals surface area contributed by atoms with E-state index >= 15 is 0 Å². The molecule has 0 fully saturated rings. The molecule has 104 valence electrons. The maximum atomic E-state index is 6.12. The number of aryl methyl sites for hydroxylation is 1. The highest BCUT2D eigenvalue weighted by molar-refractivity contribution is 9.10. The van der Waals surface area contributed by atoms with Gasteiger partial charge in [-0.05, 0) is 42.6 Å². The maximum Gasteiger partial charge on any atom is 0.0371 e. The molecular formula is C17H19BrN2. The fraction of sp³-hybridized carbons (Fsp3) is 0.294. The number of nitrogens with two attached hydrogens (primary N) is 1. The summed E-state index contributed by atoms with van der Waals surface area (Å²) in [4.78, 5) is 2.49. The van der Waals surface area contributed by atoms with Crippen LogP contribution in [0.25, 0.3) is 0 Å². The van der Waals surface area contributed by atoms with E-state index in [0.29, 0.717) is 0 Å². The summed E-state index contributed by atoms with van der Waals surface area (Å²) in [5, 5.41) is 0. The fourth-order valence-corrected chi connectivity index (χ4v) is 3.38. The molecule has 0 amide bonds. The second-order valence-electron chi connectivity index (χ2n) is 5.39. The summed E-state index contributed by atoms with van der Waals surface area (Å²) in [7, 11) is 0. The number of halogens is 1. The maximum absolute atomic E-state index is 6.12. The molecule has 1 heterocycles. The lowest BCUT2D eigenvalue weighted by atomic mass is 10.0. The molecule has 1 aliphatic heterocycles. The summed E-state index contributed by atoms with van der Waals surface area (Å²) in [5.74, 6) is 0. The number of nitrogens with zero attached hydrogens (tertiary/aromatic N) is 1. The van der Waals surface area contributed by atoms with Crippen molar-refractivity contribution in [2.24, 2.45) is 0 Å². The minimum Gasteiger partial charge on any atom is -0.398 e. The Morgan fingerprint density at radius 1 is 1.05 bits per heavy atom. The number of benzene rings is 2. The highest BCUT2D eigenvalue weighted by Crippen LogP contribution is 2.26. The van der Waals surface area contributed by atoms with E-state index in [1.807, 2.05) is 12.1 Å². The van der Waals surface area contributed by atoms with Crippen LogP contribution in [0.5, 0.6) is 0 Å². The summed E-state index contributed by atoms with van der Waals surface area (Å²) in [6.45, 7) is 3.04. The highest BCUT2D eigenvalue weighted by Gasteiger charge is 2.16. The first-order valence-corrected chi connectivity index (χ1v) is 7.85. The molecule has 0 saturated carbocycles. The number of hydrogen-bond acceptors (Lipinski definition) is 2. The number of fused-ring (bicyclic) bond motifs is 1. The monoisotopic (exact) mass is 330 g/mol. The third-order valence-corrected chi connectivity index (χ3v) is 4.71. The van der Waals surface area contributed by atoms with Gasteiger partial charge >= 0.3 is 0 Å². The van der Waals surface area contributed by atoms with Crippen LogP contribution in [-0.4, -0.2) is 11.4 Å². The molecule has 2 aromatic rings. The minimum absolute atomic E-state index is 0.872. The Bertz CT molecular complexity index is 589. The van der Waals surface area contributed by atoms with Crippen LogP contribution in [0.1, 0.15) is 23.1 Å². The predicted octanol–water partition coefficient (Wildman–Crippen LogP) is 3.98. The molecule has 0 spiro atoms. The molecule has 2 nitrogen and oxygen atoms in total. The average molecular weight is 331 g/mol. The van der Waals surface area contributed by atoms with Gasteiger partial charge in [0.15, 0.2) is 0 Å². The van der Waals surface area contributed by atoms with Crippen LogP contribution in [-0.2, 0) is 19.5 Å². The van der Waals surface area contributed by atoms with Crippen molar-refractivity contribution in [3.05, 3.63) is 63.6 Å². The van der Waals surface area contributed by atoms with Crippen molar-refractivity contribution in [1.29, 1.82) is 0 Å². The molecule has 0 atom stereocenters. The average Bonchev–Trinajstić information content (AvgIpc) is 2.64. The van der Waals surface area contributed by atoms with E-state index in [1.54, 1.807) is 0 Å². The summed E-state index contributed by atoms with van der Waals surface area (Å²) in [6.07, 6.45) is 2.39. The van der Waals surface area contributed by atoms with E-state index in [-0.39, 0.29) is 0 Å². The molecule has 2 aromatic carbocycles. The number of anilines is 1. The van der Waals surface area contributed by atoms with Gasteiger partial charge in [0, 0.05) is 28.8 Å². The molecule has 0 aliphatic carbocycles. The smallest absolute Gasteiger partial charge is 0.0371 e. The van der Waals surface area contributed by atoms with Crippen LogP contribution in [0.2, 0.25) is 0 Å². The lowest BCUT2D eigenvalue weighted by Crippen LogP contribution is -2.23. The van der Waals surface area contributed by atoms with E-state index in [9.17, 15) is 0 Å². The van der Waals surface area contributed by atoms with Crippen molar-refractivity contribution in [2.75, 3.05) is 12.3 Å². The molecule has 20 heavy (non-hydrogen) atoms. The molecule has 0 unspecified atom stereocenters. The molecule has 0 saturated heterocycles. The van der Waals surface area contributed by atoms with Gasteiger partial charge in [-0.25, -0.2) is 0 Å². The Labute approximate surface area is 128 Å². The molecule has 3 rings (SSSR count). The third-order valence-electron chi connectivity index (χ3n) is 3.97. The van der Waals surface area contributed by atoms with E-state index in [2.05, 4.69) is 51.2 Å². The highest BCUT2D eigenvalue weighted by atomic mass is 79.9. The first-order valence-electron chi connectivity index (χ1n) is 7.06. The Hall–Kier alpha value is -1.32. The second-order valence-corrected chi connectivity index (χ2v) is 6.24. The van der Waals surface area contributed by atoms with Crippen LogP contribution in [0.4, 0.5) is 5.69 Å². The van der Waals surface area contributed by atoms with Gasteiger partial charge in [-0.3, -0.25) is 4.90 Å². The van der Waals surface area contributed by atoms with E-state index in [1.165, 1.54) is 29.5 Å². The molecule has 0 radical (unpaired) electrons. The normalized spacial score (nSPS) is 15.7. The molecule has 2 N–H and O–H groups in total. The van der Waals surface area contributed by atoms with Gasteiger partial charge in [0.25, 0.3) is 0 Å². The van der Waals surface area contributed by atoms with Crippen LogP contribution in [0.3, 0.4) is 0 Å². The molecular weight excluding hydrogens is 312 g/mol. The summed E-state index contributed by atoms with van der Waals surface area (Å²) < 4.78 is 1.11. The van der Waals surface area contributed by atoms with Crippen molar-refractivity contribution >= 4 is 21.6 Å². The van der Waals surface area contributed by atoms with Gasteiger partial charge in [0.05, 0.1) is 0 Å². The Kier molecular flexibility index (Phi) is 4.08. The molecule has 0 bridgehead atoms. The lowest BCUT2D eigenvalue weighted by Gasteiger charge is -2.22. The topological polar surface area (TPSA) is 29.3 Å². The first kappa shape index (κ1) is 13.7. The Balaban J connectivity index is 1.82. The van der Waals surface area contributed by atoms with Crippen molar-refractivity contribution < 1.29 is 0 Å². The van der Waals surface area contributed by atoms with Gasteiger partial charge in [-0.15, -0.1) is 0 Å². The second kappa shape index (κ2) is 5.98. The third kappa shape index (κ3) is 2.89. The van der Waals surface area contributed by atoms with E-state index in [4.69, 9.17) is 5.73 Å². The van der Waals surface area contributed by atoms with E-state index < -0.39 is 0 Å². The van der Waals surface area contributed by atoms with Crippen molar-refractivity contribution in [1.82, 2.24) is 4.90 Å². The van der Waals surface area contributed by atoms with Crippen LogP contribution in [0.15, 0.2) is 46.9 Å². The van der Waals surface area contributed by atoms with E-state index in [0.717, 1.165) is 29.8 Å². The molecule has 0 aromatic heterocycles. The summed E-state index contributed by atoms with van der Waals surface area (Å²) in [6, 6.07) is 14.8. The van der Waals surface area contributed by atoms with Crippen LogP contribution < -0.4 is 5.73 Å². The van der Waals surface area contributed by atoms with Gasteiger partial charge < -0.3 is 5.73 Å². The predicted molar refractivity (Wildman–Crippen MR) is 87.4 cm³/mol. The van der Waals surface area contributed by atoms with Crippen molar-refractivity contribution in [2.45, 2.75) is 25.9 Å². The lowest BCUT2D eigenvalue weighted by molar-refractivity contribution is 0.261. The largest absolute Gasteiger partial charge is 0.398 e. The van der Waals surface area contributed by atoms with Gasteiger partial charge in [0.2, 0.25) is 0 Å². The van der Waals surface area contributed by atoms with Gasteiger partial charge in [-0.2, -0.15) is 0 Å². The quantitative estimate of drug-likeness (QED) is 0.844. The Morgan fingerprint density at radius 2 is 1.85 bits per heavy atom. The first-order chi connectivity index (χ1) is 9.74. The fourth-order valence-electron chi connectivity index (χ4n) is 2.87. The summed E-state index contributed by atoms with van der Waals surface area (Å²) >= 11 is 3.62. The SMILES string of the molecule is Nc1cccc(Br)c1CN1CCCc2ccccc2C1. The van der Waals surface area contributed by atoms with Crippen molar-refractivity contribution in [3.63, 3.8) is 0 Å². The summed E-state index contributed by atoms with van der Waals surface area (Å²) in [5.41, 5.74) is 11.1. The number of nitrogen functional groups attached to an aromatic ring is 1. The number of rotatable bonds is 2. The zero-order valence-electron chi connectivity index (χ0n) is 11.5.